The molecule has 4 nitrogen and oxygen atoms in total. The molecular formula is C17H13ClN2O2S. The third-order valence-corrected chi connectivity index (χ3v) is 4.00. The van der Waals surface area contributed by atoms with Crippen LogP contribution in [0.5, 0.6) is 10.9 Å². The van der Waals surface area contributed by atoms with Crippen LogP contribution in [0.25, 0.3) is 0 Å². The quantitative estimate of drug-likeness (QED) is 0.740. The number of rotatable bonds is 5. The summed E-state index contributed by atoms with van der Waals surface area (Å²) in [6.45, 7) is 0.452. The Morgan fingerprint density at radius 1 is 1.13 bits per heavy atom. The number of hydrogen-bond acceptors (Lipinski definition) is 4. The van der Waals surface area contributed by atoms with Gasteiger partial charge in [-0.1, -0.05) is 35.1 Å². The Balaban J connectivity index is 1.58. The molecule has 6 heteroatoms. The predicted octanol–water partition coefficient (Wildman–Crippen LogP) is 4.52. The Bertz CT molecular complexity index is 771. The topological polar surface area (TPSA) is 51.2 Å². The van der Waals surface area contributed by atoms with Gasteiger partial charge in [-0.2, -0.15) is 0 Å². The van der Waals surface area contributed by atoms with Gasteiger partial charge in [0.2, 0.25) is 0 Å². The molecule has 1 amide bonds. The number of ether oxygens (including phenoxy) is 1. The molecule has 1 N–H and O–H groups in total. The zero-order valence-corrected chi connectivity index (χ0v) is 13.6. The van der Waals surface area contributed by atoms with E-state index in [1.807, 2.05) is 17.5 Å². The van der Waals surface area contributed by atoms with Crippen LogP contribution in [0.2, 0.25) is 5.02 Å². The van der Waals surface area contributed by atoms with E-state index in [1.165, 1.54) is 11.3 Å². The van der Waals surface area contributed by atoms with Gasteiger partial charge in [-0.25, -0.2) is 4.98 Å². The number of nitrogens with one attached hydrogen (secondary N) is 1. The fourth-order valence-corrected chi connectivity index (χ4v) is 2.55. The van der Waals surface area contributed by atoms with Crippen molar-refractivity contribution in [3.8, 4) is 10.9 Å². The summed E-state index contributed by atoms with van der Waals surface area (Å²) in [7, 11) is 0. The Labute approximate surface area is 142 Å². The monoisotopic (exact) mass is 344 g/mol. The van der Waals surface area contributed by atoms with Gasteiger partial charge in [-0.3, -0.25) is 4.79 Å². The largest absolute Gasteiger partial charge is 0.431 e. The first-order chi connectivity index (χ1) is 11.2. The van der Waals surface area contributed by atoms with Gasteiger partial charge in [0.25, 0.3) is 11.1 Å². The second kappa shape index (κ2) is 7.26. The summed E-state index contributed by atoms with van der Waals surface area (Å²) in [5.74, 6) is 0.509. The number of carbonyl (C=O) groups excluding carboxylic acids is 1. The molecule has 116 valence electrons. The van der Waals surface area contributed by atoms with Crippen molar-refractivity contribution in [1.29, 1.82) is 0 Å². The van der Waals surface area contributed by atoms with E-state index in [0.717, 1.165) is 5.56 Å². The van der Waals surface area contributed by atoms with Crippen molar-refractivity contribution in [2.75, 3.05) is 0 Å². The van der Waals surface area contributed by atoms with E-state index in [4.69, 9.17) is 16.3 Å². The van der Waals surface area contributed by atoms with Gasteiger partial charge < -0.3 is 10.1 Å². The lowest BCUT2D eigenvalue weighted by Gasteiger charge is -2.07. The Kier molecular flexibility index (Phi) is 4.90. The van der Waals surface area contributed by atoms with E-state index < -0.39 is 0 Å². The van der Waals surface area contributed by atoms with Crippen LogP contribution in [0.3, 0.4) is 0 Å². The molecule has 2 aromatic carbocycles. The third kappa shape index (κ3) is 4.31. The maximum absolute atomic E-state index is 12.1. The smallest absolute Gasteiger partial charge is 0.278 e. The summed E-state index contributed by atoms with van der Waals surface area (Å²) in [6.07, 6.45) is 1.68. The van der Waals surface area contributed by atoms with E-state index >= 15 is 0 Å². The molecule has 3 aromatic rings. The van der Waals surface area contributed by atoms with Gasteiger partial charge in [0.05, 0.1) is 0 Å². The molecule has 3 rings (SSSR count). The fourth-order valence-electron chi connectivity index (χ4n) is 1.92. The first-order valence-corrected chi connectivity index (χ1v) is 8.16. The van der Waals surface area contributed by atoms with Crippen LogP contribution in [0, 0.1) is 0 Å². The van der Waals surface area contributed by atoms with E-state index in [9.17, 15) is 4.79 Å². The lowest BCUT2D eigenvalue weighted by Crippen LogP contribution is -2.22. The number of thiazole rings is 1. The van der Waals surface area contributed by atoms with E-state index in [2.05, 4.69) is 10.3 Å². The van der Waals surface area contributed by atoms with Crippen LogP contribution in [-0.4, -0.2) is 10.9 Å². The Hall–Kier alpha value is -2.37. The summed E-state index contributed by atoms with van der Waals surface area (Å²) in [5, 5.41) is 5.96. The molecule has 23 heavy (non-hydrogen) atoms. The van der Waals surface area contributed by atoms with Crippen molar-refractivity contribution >= 4 is 28.8 Å². The summed E-state index contributed by atoms with van der Waals surface area (Å²) in [4.78, 5) is 16.2. The first kappa shape index (κ1) is 15.5. The van der Waals surface area contributed by atoms with Crippen LogP contribution in [0.1, 0.15) is 15.9 Å². The molecular weight excluding hydrogens is 332 g/mol. The Morgan fingerprint density at radius 3 is 2.52 bits per heavy atom. The zero-order chi connectivity index (χ0) is 16.1. The van der Waals surface area contributed by atoms with Crippen LogP contribution >= 0.6 is 22.9 Å². The van der Waals surface area contributed by atoms with Crippen molar-refractivity contribution in [3.63, 3.8) is 0 Å². The molecule has 0 atom stereocenters. The molecule has 0 spiro atoms. The number of hydrogen-bond donors (Lipinski definition) is 1. The molecule has 0 unspecified atom stereocenters. The van der Waals surface area contributed by atoms with Crippen LogP contribution in [0.4, 0.5) is 0 Å². The van der Waals surface area contributed by atoms with Crippen LogP contribution < -0.4 is 10.1 Å². The highest BCUT2D eigenvalue weighted by Crippen LogP contribution is 2.23. The summed E-state index contributed by atoms with van der Waals surface area (Å²) < 4.78 is 5.56. The number of carbonyl (C=O) groups is 1. The van der Waals surface area contributed by atoms with Crippen molar-refractivity contribution in [2.24, 2.45) is 0 Å². The minimum atomic E-state index is -0.138. The SMILES string of the molecule is O=C(NCc1ccc(Cl)cc1)c1ccc(Oc2nccs2)cc1. The van der Waals surface area contributed by atoms with Gasteiger partial charge in [0.1, 0.15) is 5.75 Å². The highest BCUT2D eigenvalue weighted by molar-refractivity contribution is 7.11. The molecule has 0 aliphatic rings. The maximum Gasteiger partial charge on any atom is 0.278 e. The molecule has 0 bridgehead atoms. The molecule has 0 aliphatic carbocycles. The van der Waals surface area contributed by atoms with Crippen molar-refractivity contribution in [1.82, 2.24) is 10.3 Å². The van der Waals surface area contributed by atoms with E-state index in [-0.39, 0.29) is 5.91 Å². The fraction of sp³-hybridized carbons (Fsp3) is 0.0588. The molecule has 0 radical (unpaired) electrons. The minimum absolute atomic E-state index is 0.138. The number of aromatic nitrogens is 1. The molecule has 0 saturated heterocycles. The zero-order valence-electron chi connectivity index (χ0n) is 12.0. The number of amides is 1. The van der Waals surface area contributed by atoms with Gasteiger partial charge in [0.15, 0.2) is 0 Å². The second-order valence-corrected chi connectivity index (χ2v) is 6.03. The van der Waals surface area contributed by atoms with Crippen molar-refractivity contribution in [3.05, 3.63) is 76.3 Å². The summed E-state index contributed by atoms with van der Waals surface area (Å²) >= 11 is 7.25. The summed E-state index contributed by atoms with van der Waals surface area (Å²) in [6, 6.07) is 14.3. The van der Waals surface area contributed by atoms with Gasteiger partial charge in [-0.15, -0.1) is 0 Å². The molecule has 0 aliphatic heterocycles. The average molecular weight is 345 g/mol. The molecule has 0 fully saturated rings. The van der Waals surface area contributed by atoms with Crippen LogP contribution in [0.15, 0.2) is 60.1 Å². The second-order valence-electron chi connectivity index (χ2n) is 4.73. The molecule has 1 aromatic heterocycles. The van der Waals surface area contributed by atoms with Crippen molar-refractivity contribution in [2.45, 2.75) is 6.54 Å². The first-order valence-electron chi connectivity index (χ1n) is 6.91. The van der Waals surface area contributed by atoms with Gasteiger partial charge in [-0.05, 0) is 42.0 Å². The highest BCUT2D eigenvalue weighted by Gasteiger charge is 2.06. The van der Waals surface area contributed by atoms with E-state index in [0.29, 0.717) is 28.1 Å². The normalized spacial score (nSPS) is 10.3. The van der Waals surface area contributed by atoms with Gasteiger partial charge >= 0.3 is 0 Å². The number of halogens is 1. The average Bonchev–Trinajstić information content (AvgIpc) is 3.08. The highest BCUT2D eigenvalue weighted by atomic mass is 35.5. The van der Waals surface area contributed by atoms with E-state index in [1.54, 1.807) is 42.6 Å². The van der Waals surface area contributed by atoms with Crippen LogP contribution in [-0.2, 0) is 6.54 Å². The van der Waals surface area contributed by atoms with Crippen molar-refractivity contribution < 1.29 is 9.53 Å². The number of benzene rings is 2. The maximum atomic E-state index is 12.1. The summed E-state index contributed by atoms with van der Waals surface area (Å²) in [5.41, 5.74) is 1.57. The predicted molar refractivity (Wildman–Crippen MR) is 91.3 cm³/mol. The molecule has 0 saturated carbocycles. The Morgan fingerprint density at radius 2 is 1.87 bits per heavy atom. The third-order valence-electron chi connectivity index (χ3n) is 3.10. The lowest BCUT2D eigenvalue weighted by atomic mass is 10.2. The lowest BCUT2D eigenvalue weighted by molar-refractivity contribution is 0.0951. The van der Waals surface area contributed by atoms with Gasteiger partial charge in [0, 0.05) is 28.7 Å². The minimum Gasteiger partial charge on any atom is -0.431 e. The number of nitrogens with zero attached hydrogens (tertiary/aromatic N) is 1. The molecule has 1 heterocycles. The standard InChI is InChI=1S/C17H13ClN2O2S/c18-14-5-1-12(2-6-14)11-20-16(21)13-3-7-15(8-4-13)22-17-19-9-10-23-17/h1-10H,11H2,(H,20,21).